The van der Waals surface area contributed by atoms with E-state index in [1.807, 2.05) is 43.3 Å². The molecule has 1 heterocycles. The molecule has 25 heavy (non-hydrogen) atoms. The van der Waals surface area contributed by atoms with Crippen LogP contribution in [-0.4, -0.2) is 16.5 Å². The lowest BCUT2D eigenvalue weighted by molar-refractivity contribution is -0.121. The number of amides is 1. The number of aromatic nitrogens is 1. The third kappa shape index (κ3) is 4.23. The summed E-state index contributed by atoms with van der Waals surface area (Å²) in [7, 11) is 0. The lowest BCUT2D eigenvalue weighted by Gasteiger charge is -2.10. The average molecular weight is 355 g/mol. The standard InChI is InChI=1S/C21H23ClN2O/c1-3-15(2)23-21(25)12-17-14-24(20-7-5-4-6-19(17)20)13-16-8-10-18(22)11-9-16/h4-11,14-15H,3,12-13H2,1-2H3,(H,23,25). The van der Waals surface area contributed by atoms with Gasteiger partial charge in [-0.25, -0.2) is 0 Å². The van der Waals surface area contributed by atoms with Crippen molar-refractivity contribution in [3.05, 3.63) is 70.9 Å². The Morgan fingerprint density at radius 2 is 1.88 bits per heavy atom. The van der Waals surface area contributed by atoms with Crippen molar-refractivity contribution in [2.45, 2.75) is 39.3 Å². The van der Waals surface area contributed by atoms with Gasteiger partial charge in [-0.15, -0.1) is 0 Å². The fourth-order valence-electron chi connectivity index (χ4n) is 2.98. The van der Waals surface area contributed by atoms with Crippen LogP contribution in [0.15, 0.2) is 54.7 Å². The van der Waals surface area contributed by atoms with Gasteiger partial charge in [0.25, 0.3) is 0 Å². The minimum absolute atomic E-state index is 0.0729. The van der Waals surface area contributed by atoms with Gasteiger partial charge in [0.2, 0.25) is 5.91 Å². The Bertz CT molecular complexity index is 867. The molecule has 3 nitrogen and oxygen atoms in total. The van der Waals surface area contributed by atoms with Crippen LogP contribution in [0.1, 0.15) is 31.4 Å². The Morgan fingerprint density at radius 1 is 1.16 bits per heavy atom. The molecular formula is C21H23ClN2O. The topological polar surface area (TPSA) is 34.0 Å². The first-order chi connectivity index (χ1) is 12.1. The Hall–Kier alpha value is -2.26. The summed E-state index contributed by atoms with van der Waals surface area (Å²) < 4.78 is 2.20. The zero-order chi connectivity index (χ0) is 17.8. The second kappa shape index (κ2) is 7.75. The molecule has 4 heteroatoms. The normalized spacial score (nSPS) is 12.3. The summed E-state index contributed by atoms with van der Waals surface area (Å²) in [6.07, 6.45) is 3.43. The van der Waals surface area contributed by atoms with Gasteiger partial charge >= 0.3 is 0 Å². The van der Waals surface area contributed by atoms with Crippen molar-refractivity contribution in [3.63, 3.8) is 0 Å². The number of hydrogen-bond acceptors (Lipinski definition) is 1. The summed E-state index contributed by atoms with van der Waals surface area (Å²) in [5.41, 5.74) is 3.38. The van der Waals surface area contributed by atoms with Gasteiger partial charge in [0.1, 0.15) is 0 Å². The van der Waals surface area contributed by atoms with E-state index in [9.17, 15) is 4.79 Å². The molecule has 1 N–H and O–H groups in total. The predicted octanol–water partition coefficient (Wildman–Crippen LogP) is 4.80. The number of halogens is 1. The van der Waals surface area contributed by atoms with Crippen molar-refractivity contribution in [1.82, 2.24) is 9.88 Å². The van der Waals surface area contributed by atoms with E-state index in [1.54, 1.807) is 0 Å². The molecule has 0 aliphatic rings. The van der Waals surface area contributed by atoms with Crippen LogP contribution in [-0.2, 0) is 17.8 Å². The summed E-state index contributed by atoms with van der Waals surface area (Å²) in [4.78, 5) is 12.3. The maximum absolute atomic E-state index is 12.3. The SMILES string of the molecule is CCC(C)NC(=O)Cc1cn(Cc2ccc(Cl)cc2)c2ccccc12. The average Bonchev–Trinajstić information content (AvgIpc) is 2.94. The highest BCUT2D eigenvalue weighted by Gasteiger charge is 2.13. The number of nitrogens with one attached hydrogen (secondary N) is 1. The molecule has 1 atom stereocenters. The van der Waals surface area contributed by atoms with Gasteiger partial charge in [-0.3, -0.25) is 4.79 Å². The Kier molecular flexibility index (Phi) is 5.44. The van der Waals surface area contributed by atoms with Crippen molar-refractivity contribution >= 4 is 28.4 Å². The molecule has 1 aromatic heterocycles. The zero-order valence-corrected chi connectivity index (χ0v) is 15.4. The molecule has 1 unspecified atom stereocenters. The fraction of sp³-hybridized carbons (Fsp3) is 0.286. The van der Waals surface area contributed by atoms with Crippen LogP contribution in [0, 0.1) is 0 Å². The summed E-state index contributed by atoms with van der Waals surface area (Å²) in [5, 5.41) is 4.92. The number of carbonyl (C=O) groups excluding carboxylic acids is 1. The van der Waals surface area contributed by atoms with Crippen LogP contribution in [0.25, 0.3) is 10.9 Å². The van der Waals surface area contributed by atoms with Crippen LogP contribution in [0.5, 0.6) is 0 Å². The first kappa shape index (κ1) is 17.6. The summed E-state index contributed by atoms with van der Waals surface area (Å²) >= 11 is 5.97. The first-order valence-electron chi connectivity index (χ1n) is 8.67. The highest BCUT2D eigenvalue weighted by molar-refractivity contribution is 6.30. The number of fused-ring (bicyclic) bond motifs is 1. The Labute approximate surface area is 153 Å². The van der Waals surface area contributed by atoms with Gasteiger partial charge in [-0.2, -0.15) is 0 Å². The summed E-state index contributed by atoms with van der Waals surface area (Å²) in [6, 6.07) is 16.3. The van der Waals surface area contributed by atoms with E-state index in [2.05, 4.69) is 35.1 Å². The van der Waals surface area contributed by atoms with Crippen molar-refractivity contribution in [3.8, 4) is 0 Å². The third-order valence-corrected chi connectivity index (χ3v) is 4.76. The zero-order valence-electron chi connectivity index (χ0n) is 14.6. The summed E-state index contributed by atoms with van der Waals surface area (Å²) in [5.74, 6) is 0.0729. The molecule has 0 bridgehead atoms. The second-order valence-electron chi connectivity index (χ2n) is 6.48. The van der Waals surface area contributed by atoms with Crippen LogP contribution in [0.3, 0.4) is 0 Å². The van der Waals surface area contributed by atoms with Crippen molar-refractivity contribution in [2.24, 2.45) is 0 Å². The van der Waals surface area contributed by atoms with Gasteiger partial charge in [0.15, 0.2) is 0 Å². The van der Waals surface area contributed by atoms with Gasteiger partial charge < -0.3 is 9.88 Å². The molecule has 0 aliphatic carbocycles. The predicted molar refractivity (Wildman–Crippen MR) is 104 cm³/mol. The van der Waals surface area contributed by atoms with Gasteiger partial charge in [-0.1, -0.05) is 48.9 Å². The van der Waals surface area contributed by atoms with Gasteiger partial charge in [-0.05, 0) is 42.7 Å². The summed E-state index contributed by atoms with van der Waals surface area (Å²) in [6.45, 7) is 4.86. The minimum Gasteiger partial charge on any atom is -0.353 e. The molecule has 2 aromatic carbocycles. The number of hydrogen-bond donors (Lipinski definition) is 1. The van der Waals surface area contributed by atoms with Gasteiger partial charge in [0.05, 0.1) is 6.42 Å². The lowest BCUT2D eigenvalue weighted by Crippen LogP contribution is -2.33. The molecule has 3 rings (SSSR count). The van der Waals surface area contributed by atoms with Crippen molar-refractivity contribution in [1.29, 1.82) is 0 Å². The van der Waals surface area contributed by atoms with Crippen LogP contribution in [0.2, 0.25) is 5.02 Å². The number of nitrogens with zero attached hydrogens (tertiary/aromatic N) is 1. The fourth-order valence-corrected chi connectivity index (χ4v) is 3.11. The molecule has 0 fully saturated rings. The second-order valence-corrected chi connectivity index (χ2v) is 6.92. The Morgan fingerprint density at radius 3 is 2.60 bits per heavy atom. The van der Waals surface area contributed by atoms with E-state index in [4.69, 9.17) is 11.6 Å². The molecule has 1 amide bonds. The van der Waals surface area contributed by atoms with E-state index in [0.717, 1.165) is 34.5 Å². The molecular weight excluding hydrogens is 332 g/mol. The maximum Gasteiger partial charge on any atom is 0.224 e. The molecule has 0 spiro atoms. The minimum atomic E-state index is 0.0729. The van der Waals surface area contributed by atoms with E-state index in [1.165, 1.54) is 5.56 Å². The molecule has 3 aromatic rings. The lowest BCUT2D eigenvalue weighted by atomic mass is 10.1. The molecule has 0 saturated carbocycles. The monoisotopic (exact) mass is 354 g/mol. The maximum atomic E-state index is 12.3. The van der Waals surface area contributed by atoms with Gasteiger partial charge in [0, 0.05) is 34.7 Å². The Balaban J connectivity index is 1.87. The molecule has 0 saturated heterocycles. The van der Waals surface area contributed by atoms with E-state index in [-0.39, 0.29) is 11.9 Å². The largest absolute Gasteiger partial charge is 0.353 e. The van der Waals surface area contributed by atoms with Crippen molar-refractivity contribution < 1.29 is 4.79 Å². The van der Waals surface area contributed by atoms with Crippen molar-refractivity contribution in [2.75, 3.05) is 0 Å². The van der Waals surface area contributed by atoms with Crippen LogP contribution < -0.4 is 5.32 Å². The molecule has 0 aliphatic heterocycles. The molecule has 0 radical (unpaired) electrons. The highest BCUT2D eigenvalue weighted by atomic mass is 35.5. The van der Waals surface area contributed by atoms with E-state index in [0.29, 0.717) is 6.42 Å². The van der Waals surface area contributed by atoms with E-state index >= 15 is 0 Å². The van der Waals surface area contributed by atoms with Crippen LogP contribution in [0.4, 0.5) is 0 Å². The number of carbonyl (C=O) groups is 1. The number of rotatable bonds is 6. The third-order valence-electron chi connectivity index (χ3n) is 4.51. The first-order valence-corrected chi connectivity index (χ1v) is 9.05. The van der Waals surface area contributed by atoms with E-state index < -0.39 is 0 Å². The highest BCUT2D eigenvalue weighted by Crippen LogP contribution is 2.23. The smallest absolute Gasteiger partial charge is 0.224 e. The molecule has 130 valence electrons. The quantitative estimate of drug-likeness (QED) is 0.677. The van der Waals surface area contributed by atoms with Crippen LogP contribution >= 0.6 is 11.6 Å². The number of benzene rings is 2. The number of para-hydroxylation sites is 1.